The SMILES string of the molecule is COC1CCCC(OC(=O)CC(CN)CC(C)C)C1. The maximum atomic E-state index is 11.9. The van der Waals surface area contributed by atoms with E-state index in [4.69, 9.17) is 15.2 Å². The molecule has 0 spiro atoms. The molecular weight excluding hydrogens is 242 g/mol. The number of carbonyl (C=O) groups excluding carboxylic acids is 1. The average molecular weight is 271 g/mol. The van der Waals surface area contributed by atoms with Gasteiger partial charge in [-0.25, -0.2) is 0 Å². The minimum atomic E-state index is -0.0992. The summed E-state index contributed by atoms with van der Waals surface area (Å²) in [6, 6.07) is 0. The molecule has 0 aromatic carbocycles. The highest BCUT2D eigenvalue weighted by molar-refractivity contribution is 5.69. The van der Waals surface area contributed by atoms with E-state index in [-0.39, 0.29) is 24.1 Å². The van der Waals surface area contributed by atoms with Crippen molar-refractivity contribution < 1.29 is 14.3 Å². The van der Waals surface area contributed by atoms with Crippen molar-refractivity contribution in [1.29, 1.82) is 0 Å². The summed E-state index contributed by atoms with van der Waals surface area (Å²) in [5.41, 5.74) is 5.72. The van der Waals surface area contributed by atoms with E-state index in [2.05, 4.69) is 13.8 Å². The highest BCUT2D eigenvalue weighted by Crippen LogP contribution is 2.24. The van der Waals surface area contributed by atoms with Crippen LogP contribution in [0, 0.1) is 11.8 Å². The third kappa shape index (κ3) is 6.39. The molecule has 19 heavy (non-hydrogen) atoms. The Morgan fingerprint density at radius 3 is 2.58 bits per heavy atom. The Bertz CT molecular complexity index is 268. The molecule has 0 aromatic heterocycles. The summed E-state index contributed by atoms with van der Waals surface area (Å²) in [4.78, 5) is 11.9. The lowest BCUT2D eigenvalue weighted by atomic mass is 9.93. The van der Waals surface area contributed by atoms with Crippen LogP contribution in [0.1, 0.15) is 52.4 Å². The molecule has 0 bridgehead atoms. The zero-order chi connectivity index (χ0) is 14.3. The molecule has 1 rings (SSSR count). The van der Waals surface area contributed by atoms with Gasteiger partial charge >= 0.3 is 5.97 Å². The number of methoxy groups -OCH3 is 1. The number of hydrogen-bond acceptors (Lipinski definition) is 4. The van der Waals surface area contributed by atoms with Gasteiger partial charge in [-0.3, -0.25) is 4.79 Å². The van der Waals surface area contributed by atoms with Crippen molar-refractivity contribution in [2.45, 2.75) is 64.6 Å². The molecule has 2 N–H and O–H groups in total. The van der Waals surface area contributed by atoms with Crippen LogP contribution in [0.3, 0.4) is 0 Å². The first-order valence-electron chi connectivity index (χ1n) is 7.47. The molecule has 3 unspecified atom stereocenters. The molecular formula is C15H29NO3. The standard InChI is InChI=1S/C15H29NO3/c1-11(2)7-12(10-16)8-15(17)19-14-6-4-5-13(9-14)18-3/h11-14H,4-10,16H2,1-3H3. The third-order valence-corrected chi connectivity index (χ3v) is 3.80. The maximum absolute atomic E-state index is 11.9. The quantitative estimate of drug-likeness (QED) is 0.723. The van der Waals surface area contributed by atoms with E-state index in [1.54, 1.807) is 7.11 Å². The molecule has 1 fully saturated rings. The predicted octanol–water partition coefficient (Wildman–Crippen LogP) is 2.50. The van der Waals surface area contributed by atoms with Gasteiger partial charge in [0.15, 0.2) is 0 Å². The van der Waals surface area contributed by atoms with Crippen LogP contribution in [0.2, 0.25) is 0 Å². The molecule has 4 heteroatoms. The van der Waals surface area contributed by atoms with E-state index in [1.165, 1.54) is 0 Å². The van der Waals surface area contributed by atoms with Gasteiger partial charge < -0.3 is 15.2 Å². The largest absolute Gasteiger partial charge is 0.462 e. The van der Waals surface area contributed by atoms with Gasteiger partial charge in [-0.05, 0) is 44.1 Å². The summed E-state index contributed by atoms with van der Waals surface area (Å²) >= 11 is 0. The van der Waals surface area contributed by atoms with Crippen LogP contribution in [0.15, 0.2) is 0 Å². The number of carbonyl (C=O) groups is 1. The van der Waals surface area contributed by atoms with Crippen LogP contribution in [-0.2, 0) is 14.3 Å². The highest BCUT2D eigenvalue weighted by Gasteiger charge is 2.25. The van der Waals surface area contributed by atoms with Crippen molar-refractivity contribution in [3.8, 4) is 0 Å². The Morgan fingerprint density at radius 2 is 2.00 bits per heavy atom. The first kappa shape index (κ1) is 16.4. The molecule has 112 valence electrons. The van der Waals surface area contributed by atoms with Gasteiger partial charge in [0.25, 0.3) is 0 Å². The average Bonchev–Trinajstić information content (AvgIpc) is 2.37. The molecule has 0 amide bonds. The summed E-state index contributed by atoms with van der Waals surface area (Å²) in [6.07, 6.45) is 5.64. The molecule has 1 aliphatic rings. The fraction of sp³-hybridized carbons (Fsp3) is 0.933. The minimum Gasteiger partial charge on any atom is -0.462 e. The monoisotopic (exact) mass is 271 g/mol. The third-order valence-electron chi connectivity index (χ3n) is 3.80. The van der Waals surface area contributed by atoms with Gasteiger partial charge in [0.1, 0.15) is 6.10 Å². The molecule has 0 heterocycles. The van der Waals surface area contributed by atoms with Crippen molar-refractivity contribution >= 4 is 5.97 Å². The Balaban J connectivity index is 2.33. The number of esters is 1. The summed E-state index contributed by atoms with van der Waals surface area (Å²) < 4.78 is 10.9. The molecule has 0 aromatic rings. The van der Waals surface area contributed by atoms with Gasteiger partial charge in [0.2, 0.25) is 0 Å². The van der Waals surface area contributed by atoms with Gasteiger partial charge in [0, 0.05) is 20.0 Å². The number of rotatable bonds is 7. The fourth-order valence-corrected chi connectivity index (χ4v) is 2.82. The number of ether oxygens (including phenoxy) is 2. The first-order chi connectivity index (χ1) is 9.05. The van der Waals surface area contributed by atoms with Crippen LogP contribution in [0.5, 0.6) is 0 Å². The molecule has 1 aliphatic carbocycles. The first-order valence-corrected chi connectivity index (χ1v) is 7.47. The lowest BCUT2D eigenvalue weighted by Crippen LogP contribution is -2.30. The maximum Gasteiger partial charge on any atom is 0.306 e. The van der Waals surface area contributed by atoms with E-state index in [0.717, 1.165) is 32.1 Å². The van der Waals surface area contributed by atoms with Gasteiger partial charge in [-0.2, -0.15) is 0 Å². The van der Waals surface area contributed by atoms with Crippen LogP contribution in [0.25, 0.3) is 0 Å². The lowest BCUT2D eigenvalue weighted by molar-refractivity contribution is -0.153. The Hall–Kier alpha value is -0.610. The molecule has 4 nitrogen and oxygen atoms in total. The number of nitrogens with two attached hydrogens (primary N) is 1. The topological polar surface area (TPSA) is 61.5 Å². The Labute approximate surface area is 117 Å². The molecule has 0 saturated heterocycles. The molecule has 0 aliphatic heterocycles. The van der Waals surface area contributed by atoms with Crippen molar-refractivity contribution in [3.63, 3.8) is 0 Å². The van der Waals surface area contributed by atoms with Crippen molar-refractivity contribution in [1.82, 2.24) is 0 Å². The summed E-state index contributed by atoms with van der Waals surface area (Å²) in [5.74, 6) is 0.709. The lowest BCUT2D eigenvalue weighted by Gasteiger charge is -2.28. The summed E-state index contributed by atoms with van der Waals surface area (Å²) in [6.45, 7) is 4.86. The Kier molecular flexibility index (Phi) is 7.39. The van der Waals surface area contributed by atoms with E-state index in [9.17, 15) is 4.79 Å². The molecule has 1 saturated carbocycles. The van der Waals surface area contributed by atoms with Gasteiger partial charge in [-0.1, -0.05) is 13.8 Å². The van der Waals surface area contributed by atoms with E-state index >= 15 is 0 Å². The van der Waals surface area contributed by atoms with Crippen molar-refractivity contribution in [2.24, 2.45) is 17.6 Å². The van der Waals surface area contributed by atoms with Crippen molar-refractivity contribution in [3.05, 3.63) is 0 Å². The van der Waals surface area contributed by atoms with Crippen LogP contribution < -0.4 is 5.73 Å². The second-order valence-electron chi connectivity index (χ2n) is 6.07. The Morgan fingerprint density at radius 1 is 1.32 bits per heavy atom. The number of hydrogen-bond donors (Lipinski definition) is 1. The zero-order valence-electron chi connectivity index (χ0n) is 12.6. The van der Waals surface area contributed by atoms with Gasteiger partial charge in [0.05, 0.1) is 6.10 Å². The highest BCUT2D eigenvalue weighted by atomic mass is 16.5. The van der Waals surface area contributed by atoms with Gasteiger partial charge in [-0.15, -0.1) is 0 Å². The minimum absolute atomic E-state index is 0.0312. The smallest absolute Gasteiger partial charge is 0.306 e. The van der Waals surface area contributed by atoms with E-state index in [0.29, 0.717) is 18.9 Å². The molecule has 0 radical (unpaired) electrons. The second-order valence-corrected chi connectivity index (χ2v) is 6.07. The normalized spacial score (nSPS) is 25.3. The molecule has 3 atom stereocenters. The summed E-state index contributed by atoms with van der Waals surface area (Å²) in [7, 11) is 1.72. The van der Waals surface area contributed by atoms with Crippen LogP contribution in [-0.4, -0.2) is 31.8 Å². The summed E-state index contributed by atoms with van der Waals surface area (Å²) in [5, 5.41) is 0. The van der Waals surface area contributed by atoms with Crippen LogP contribution in [0.4, 0.5) is 0 Å². The van der Waals surface area contributed by atoms with E-state index < -0.39 is 0 Å². The van der Waals surface area contributed by atoms with E-state index in [1.807, 2.05) is 0 Å². The van der Waals surface area contributed by atoms with Crippen LogP contribution >= 0.6 is 0 Å². The van der Waals surface area contributed by atoms with Crippen molar-refractivity contribution in [2.75, 3.05) is 13.7 Å². The fourth-order valence-electron chi connectivity index (χ4n) is 2.82. The second kappa shape index (κ2) is 8.54. The zero-order valence-corrected chi connectivity index (χ0v) is 12.6. The predicted molar refractivity (Wildman–Crippen MR) is 75.8 cm³/mol.